The van der Waals surface area contributed by atoms with Crippen LogP contribution in [0.15, 0.2) is 12.2 Å². The molecule has 0 aromatic rings. The highest BCUT2D eigenvalue weighted by Gasteiger charge is 2.26. The third-order valence-electron chi connectivity index (χ3n) is 3.77. The maximum absolute atomic E-state index is 11.9. The SMILES string of the molecule is CC1CCCC(OC(=O)C2CC=CCC2)C1. The summed E-state index contributed by atoms with van der Waals surface area (Å²) in [5, 5.41) is 0. The van der Waals surface area contributed by atoms with Gasteiger partial charge in [-0.05, 0) is 44.4 Å². The lowest BCUT2D eigenvalue weighted by Gasteiger charge is -2.28. The van der Waals surface area contributed by atoms with E-state index in [9.17, 15) is 4.79 Å². The number of rotatable bonds is 2. The van der Waals surface area contributed by atoms with Gasteiger partial charge in [0.05, 0.1) is 5.92 Å². The zero-order valence-corrected chi connectivity index (χ0v) is 10.2. The molecule has 90 valence electrons. The van der Waals surface area contributed by atoms with E-state index in [0.717, 1.165) is 38.0 Å². The number of hydrogen-bond acceptors (Lipinski definition) is 2. The van der Waals surface area contributed by atoms with Crippen molar-refractivity contribution in [3.05, 3.63) is 12.2 Å². The zero-order valence-electron chi connectivity index (χ0n) is 10.2. The van der Waals surface area contributed by atoms with Crippen molar-refractivity contribution in [1.82, 2.24) is 0 Å². The molecule has 2 aliphatic carbocycles. The predicted molar refractivity (Wildman–Crippen MR) is 64.0 cm³/mol. The molecule has 0 spiro atoms. The van der Waals surface area contributed by atoms with Gasteiger partial charge in [0.2, 0.25) is 0 Å². The maximum atomic E-state index is 11.9. The summed E-state index contributed by atoms with van der Waals surface area (Å²) >= 11 is 0. The van der Waals surface area contributed by atoms with E-state index in [0.29, 0.717) is 0 Å². The highest BCUT2D eigenvalue weighted by molar-refractivity contribution is 5.73. The van der Waals surface area contributed by atoms with E-state index >= 15 is 0 Å². The fourth-order valence-electron chi connectivity index (χ4n) is 2.75. The van der Waals surface area contributed by atoms with E-state index in [-0.39, 0.29) is 18.0 Å². The Balaban J connectivity index is 1.79. The molecule has 2 rings (SSSR count). The molecule has 0 saturated heterocycles. The molecule has 0 radical (unpaired) electrons. The second-order valence-electron chi connectivity index (χ2n) is 5.31. The number of carbonyl (C=O) groups excluding carboxylic acids is 1. The Morgan fingerprint density at radius 2 is 2.12 bits per heavy atom. The van der Waals surface area contributed by atoms with Gasteiger partial charge in [-0.3, -0.25) is 4.79 Å². The standard InChI is InChI=1S/C14H22O2/c1-11-6-5-9-13(10-11)16-14(15)12-7-3-2-4-8-12/h2-3,11-13H,4-10H2,1H3. The van der Waals surface area contributed by atoms with Crippen LogP contribution in [0.4, 0.5) is 0 Å². The Kier molecular flexibility index (Phi) is 4.03. The lowest BCUT2D eigenvalue weighted by molar-refractivity contribution is -0.156. The van der Waals surface area contributed by atoms with Gasteiger partial charge in [0.15, 0.2) is 0 Å². The van der Waals surface area contributed by atoms with Crippen molar-refractivity contribution >= 4 is 5.97 Å². The average Bonchev–Trinajstić information content (AvgIpc) is 2.30. The maximum Gasteiger partial charge on any atom is 0.309 e. The second-order valence-corrected chi connectivity index (χ2v) is 5.31. The first-order valence-corrected chi connectivity index (χ1v) is 6.61. The van der Waals surface area contributed by atoms with Crippen molar-refractivity contribution in [3.63, 3.8) is 0 Å². The lowest BCUT2D eigenvalue weighted by atomic mass is 9.88. The van der Waals surface area contributed by atoms with E-state index < -0.39 is 0 Å². The van der Waals surface area contributed by atoms with E-state index in [1.54, 1.807) is 0 Å². The predicted octanol–water partition coefficient (Wildman–Crippen LogP) is 3.46. The van der Waals surface area contributed by atoms with E-state index in [2.05, 4.69) is 19.1 Å². The fraction of sp³-hybridized carbons (Fsp3) is 0.786. The van der Waals surface area contributed by atoms with Gasteiger partial charge in [-0.25, -0.2) is 0 Å². The van der Waals surface area contributed by atoms with Crippen LogP contribution in [0.2, 0.25) is 0 Å². The largest absolute Gasteiger partial charge is 0.462 e. The van der Waals surface area contributed by atoms with E-state index in [1.807, 2.05) is 0 Å². The van der Waals surface area contributed by atoms with Gasteiger partial charge >= 0.3 is 5.97 Å². The van der Waals surface area contributed by atoms with Gasteiger partial charge < -0.3 is 4.74 Å². The Bertz CT molecular complexity index is 270. The molecule has 16 heavy (non-hydrogen) atoms. The normalized spacial score (nSPS) is 34.7. The molecule has 0 aliphatic heterocycles. The van der Waals surface area contributed by atoms with Crippen molar-refractivity contribution < 1.29 is 9.53 Å². The monoisotopic (exact) mass is 222 g/mol. The molecule has 0 aromatic heterocycles. The summed E-state index contributed by atoms with van der Waals surface area (Å²) in [5.74, 6) is 0.892. The number of esters is 1. The Morgan fingerprint density at radius 1 is 1.25 bits per heavy atom. The second kappa shape index (κ2) is 5.51. The molecule has 0 amide bonds. The molecular weight excluding hydrogens is 200 g/mol. The van der Waals surface area contributed by atoms with Crippen LogP contribution in [0, 0.1) is 11.8 Å². The highest BCUT2D eigenvalue weighted by Crippen LogP contribution is 2.28. The van der Waals surface area contributed by atoms with Crippen LogP contribution in [0.3, 0.4) is 0 Å². The number of allylic oxidation sites excluding steroid dienone is 2. The van der Waals surface area contributed by atoms with Crippen LogP contribution >= 0.6 is 0 Å². The Hall–Kier alpha value is -0.790. The number of carbonyl (C=O) groups is 1. The first kappa shape index (κ1) is 11.7. The zero-order chi connectivity index (χ0) is 11.4. The molecule has 2 heteroatoms. The summed E-state index contributed by atoms with van der Waals surface area (Å²) < 4.78 is 5.63. The van der Waals surface area contributed by atoms with Gasteiger partial charge in [0.1, 0.15) is 6.10 Å². The molecule has 2 aliphatic rings. The summed E-state index contributed by atoms with van der Waals surface area (Å²) in [7, 11) is 0. The average molecular weight is 222 g/mol. The topological polar surface area (TPSA) is 26.3 Å². The summed E-state index contributed by atoms with van der Waals surface area (Å²) in [4.78, 5) is 11.9. The molecule has 1 saturated carbocycles. The minimum absolute atomic E-state index is 0.0449. The van der Waals surface area contributed by atoms with Crippen LogP contribution in [-0.4, -0.2) is 12.1 Å². The minimum Gasteiger partial charge on any atom is -0.462 e. The van der Waals surface area contributed by atoms with Crippen LogP contribution in [-0.2, 0) is 9.53 Å². The molecule has 3 atom stereocenters. The third-order valence-corrected chi connectivity index (χ3v) is 3.77. The van der Waals surface area contributed by atoms with Crippen molar-refractivity contribution in [2.45, 2.75) is 58.0 Å². The van der Waals surface area contributed by atoms with Gasteiger partial charge in [-0.2, -0.15) is 0 Å². The van der Waals surface area contributed by atoms with Crippen LogP contribution < -0.4 is 0 Å². The first-order chi connectivity index (χ1) is 7.75. The Labute approximate surface area is 98.1 Å². The van der Waals surface area contributed by atoms with Gasteiger partial charge in [-0.1, -0.05) is 25.5 Å². The smallest absolute Gasteiger partial charge is 0.309 e. The van der Waals surface area contributed by atoms with Crippen LogP contribution in [0.5, 0.6) is 0 Å². The van der Waals surface area contributed by atoms with Gasteiger partial charge in [-0.15, -0.1) is 0 Å². The number of ether oxygens (including phenoxy) is 1. The van der Waals surface area contributed by atoms with Crippen molar-refractivity contribution in [2.24, 2.45) is 11.8 Å². The summed E-state index contributed by atoms with van der Waals surface area (Å²) in [6, 6.07) is 0. The first-order valence-electron chi connectivity index (χ1n) is 6.61. The quantitative estimate of drug-likeness (QED) is 0.528. The van der Waals surface area contributed by atoms with Crippen molar-refractivity contribution in [1.29, 1.82) is 0 Å². The molecule has 0 N–H and O–H groups in total. The summed E-state index contributed by atoms with van der Waals surface area (Å²) in [5.41, 5.74) is 0. The Morgan fingerprint density at radius 3 is 2.81 bits per heavy atom. The van der Waals surface area contributed by atoms with Crippen molar-refractivity contribution in [2.75, 3.05) is 0 Å². The van der Waals surface area contributed by atoms with E-state index in [4.69, 9.17) is 4.74 Å². The minimum atomic E-state index is 0.0449. The highest BCUT2D eigenvalue weighted by atomic mass is 16.5. The molecule has 0 bridgehead atoms. The summed E-state index contributed by atoms with van der Waals surface area (Å²) in [6.07, 6.45) is 12.0. The van der Waals surface area contributed by atoms with Crippen LogP contribution in [0.25, 0.3) is 0 Å². The van der Waals surface area contributed by atoms with E-state index in [1.165, 1.54) is 12.8 Å². The number of hydrogen-bond donors (Lipinski definition) is 0. The summed E-state index contributed by atoms with van der Waals surface area (Å²) in [6.45, 7) is 2.25. The van der Waals surface area contributed by atoms with Crippen LogP contribution in [0.1, 0.15) is 51.9 Å². The third kappa shape index (κ3) is 3.10. The lowest BCUT2D eigenvalue weighted by Crippen LogP contribution is -2.28. The molecule has 1 fully saturated rings. The van der Waals surface area contributed by atoms with Gasteiger partial charge in [0, 0.05) is 0 Å². The van der Waals surface area contributed by atoms with Crippen molar-refractivity contribution in [3.8, 4) is 0 Å². The van der Waals surface area contributed by atoms with Gasteiger partial charge in [0.25, 0.3) is 0 Å². The molecule has 0 aromatic carbocycles. The molecule has 2 nitrogen and oxygen atoms in total. The molecule has 3 unspecified atom stereocenters. The fourth-order valence-corrected chi connectivity index (χ4v) is 2.75. The molecule has 0 heterocycles. The molecular formula is C14H22O2.